The van der Waals surface area contributed by atoms with Crippen LogP contribution in [0.4, 0.5) is 24.9 Å². The van der Waals surface area contributed by atoms with Gasteiger partial charge in [-0.25, -0.2) is 19.9 Å². The molecule has 1 fully saturated rings. The molecule has 26 heavy (non-hydrogen) atoms. The standard InChI is InChI=1S/C15H15F3N8/c1-25(2)14-19-6-5-9(22-14)26-7-20-10-11(21-8-3-4-8)23-13(15(16,17)18)24-12(10)26/h5-8H,3-4H2,1-2H3,(H,21,23,24). The number of rotatable bonds is 4. The molecule has 0 unspecified atom stereocenters. The van der Waals surface area contributed by atoms with Gasteiger partial charge in [-0.3, -0.25) is 4.57 Å². The number of nitrogens with zero attached hydrogens (tertiary/aromatic N) is 7. The summed E-state index contributed by atoms with van der Waals surface area (Å²) in [5.74, 6) is -0.330. The zero-order valence-electron chi connectivity index (χ0n) is 14.0. The first-order valence-electron chi connectivity index (χ1n) is 7.92. The first-order chi connectivity index (χ1) is 12.3. The average Bonchev–Trinajstić information content (AvgIpc) is 3.29. The molecule has 0 saturated heterocycles. The van der Waals surface area contributed by atoms with Gasteiger partial charge in [-0.2, -0.15) is 18.2 Å². The molecule has 0 atom stereocenters. The zero-order chi connectivity index (χ0) is 18.5. The lowest BCUT2D eigenvalue weighted by molar-refractivity contribution is -0.144. The maximum absolute atomic E-state index is 13.2. The van der Waals surface area contributed by atoms with E-state index in [4.69, 9.17) is 0 Å². The lowest BCUT2D eigenvalue weighted by atomic mass is 10.4. The van der Waals surface area contributed by atoms with Crippen LogP contribution in [0.3, 0.4) is 0 Å². The summed E-state index contributed by atoms with van der Waals surface area (Å²) in [6.45, 7) is 0. The highest BCUT2D eigenvalue weighted by Crippen LogP contribution is 2.32. The van der Waals surface area contributed by atoms with E-state index in [1.807, 2.05) is 0 Å². The Hall–Kier alpha value is -2.98. The Kier molecular flexibility index (Phi) is 3.67. The van der Waals surface area contributed by atoms with Crippen LogP contribution in [-0.2, 0) is 6.18 Å². The molecule has 0 spiro atoms. The van der Waals surface area contributed by atoms with E-state index in [-0.39, 0.29) is 23.0 Å². The van der Waals surface area contributed by atoms with Gasteiger partial charge in [0, 0.05) is 26.3 Å². The summed E-state index contributed by atoms with van der Waals surface area (Å²) < 4.78 is 41.1. The number of alkyl halides is 3. The zero-order valence-corrected chi connectivity index (χ0v) is 14.0. The topological polar surface area (TPSA) is 84.7 Å². The second-order valence-electron chi connectivity index (χ2n) is 6.21. The van der Waals surface area contributed by atoms with E-state index in [1.165, 1.54) is 17.1 Å². The summed E-state index contributed by atoms with van der Waals surface area (Å²) in [6.07, 6.45) is 0.0408. The second kappa shape index (κ2) is 5.78. The second-order valence-corrected chi connectivity index (χ2v) is 6.21. The number of anilines is 2. The molecule has 8 nitrogen and oxygen atoms in total. The molecular weight excluding hydrogens is 349 g/mol. The fourth-order valence-electron chi connectivity index (χ4n) is 2.40. The van der Waals surface area contributed by atoms with Gasteiger partial charge >= 0.3 is 6.18 Å². The molecule has 3 aromatic rings. The number of hydrogen-bond acceptors (Lipinski definition) is 7. The Morgan fingerprint density at radius 3 is 2.58 bits per heavy atom. The first-order valence-corrected chi connectivity index (χ1v) is 7.92. The van der Waals surface area contributed by atoms with Crippen LogP contribution in [0.1, 0.15) is 18.7 Å². The average molecular weight is 364 g/mol. The minimum atomic E-state index is -4.66. The molecule has 0 radical (unpaired) electrons. The molecule has 1 saturated carbocycles. The van der Waals surface area contributed by atoms with Crippen LogP contribution in [0.2, 0.25) is 0 Å². The van der Waals surface area contributed by atoms with Crippen molar-refractivity contribution in [1.82, 2.24) is 29.5 Å². The lowest BCUT2D eigenvalue weighted by Gasteiger charge is -2.12. The smallest absolute Gasteiger partial charge is 0.365 e. The highest BCUT2D eigenvalue weighted by atomic mass is 19.4. The van der Waals surface area contributed by atoms with E-state index in [0.29, 0.717) is 11.8 Å². The fourth-order valence-corrected chi connectivity index (χ4v) is 2.40. The van der Waals surface area contributed by atoms with Crippen LogP contribution >= 0.6 is 0 Å². The van der Waals surface area contributed by atoms with E-state index in [9.17, 15) is 13.2 Å². The van der Waals surface area contributed by atoms with Crippen LogP contribution < -0.4 is 10.2 Å². The third-order valence-electron chi connectivity index (χ3n) is 3.84. The quantitative estimate of drug-likeness (QED) is 0.760. The van der Waals surface area contributed by atoms with Gasteiger partial charge in [0.15, 0.2) is 17.0 Å². The summed E-state index contributed by atoms with van der Waals surface area (Å²) in [5.41, 5.74) is 0.314. The molecule has 0 bridgehead atoms. The van der Waals surface area contributed by atoms with Crippen molar-refractivity contribution in [3.05, 3.63) is 24.4 Å². The predicted molar refractivity (Wildman–Crippen MR) is 88.2 cm³/mol. The number of nitrogens with one attached hydrogen (secondary N) is 1. The van der Waals surface area contributed by atoms with Crippen molar-refractivity contribution >= 4 is 22.9 Å². The van der Waals surface area contributed by atoms with Gasteiger partial charge in [0.1, 0.15) is 12.1 Å². The van der Waals surface area contributed by atoms with Crippen molar-refractivity contribution in [1.29, 1.82) is 0 Å². The molecule has 3 aromatic heterocycles. The van der Waals surface area contributed by atoms with E-state index in [1.54, 1.807) is 25.1 Å². The van der Waals surface area contributed by atoms with Crippen molar-refractivity contribution in [3.8, 4) is 5.82 Å². The van der Waals surface area contributed by atoms with Crippen LogP contribution in [0.25, 0.3) is 17.0 Å². The number of aromatic nitrogens is 6. The van der Waals surface area contributed by atoms with Crippen molar-refractivity contribution in [2.24, 2.45) is 0 Å². The van der Waals surface area contributed by atoms with Gasteiger partial charge in [0.05, 0.1) is 0 Å². The van der Waals surface area contributed by atoms with Gasteiger partial charge in [0.2, 0.25) is 11.8 Å². The van der Waals surface area contributed by atoms with Gasteiger partial charge < -0.3 is 10.2 Å². The van der Waals surface area contributed by atoms with Crippen LogP contribution in [0, 0.1) is 0 Å². The van der Waals surface area contributed by atoms with Crippen molar-refractivity contribution in [3.63, 3.8) is 0 Å². The molecule has 0 aliphatic heterocycles. The largest absolute Gasteiger partial charge is 0.451 e. The highest BCUT2D eigenvalue weighted by molar-refractivity contribution is 5.84. The van der Waals surface area contributed by atoms with Gasteiger partial charge in [-0.1, -0.05) is 0 Å². The summed E-state index contributed by atoms with van der Waals surface area (Å²) in [4.78, 5) is 21.7. The summed E-state index contributed by atoms with van der Waals surface area (Å²) >= 11 is 0. The van der Waals surface area contributed by atoms with Gasteiger partial charge in [-0.15, -0.1) is 0 Å². The van der Waals surface area contributed by atoms with Crippen LogP contribution in [0.15, 0.2) is 18.6 Å². The SMILES string of the molecule is CN(C)c1nccc(-n2cnc3c(NC4CC4)nc(C(F)(F)F)nc32)n1. The maximum atomic E-state index is 13.2. The molecular formula is C15H15F3N8. The van der Waals surface area contributed by atoms with E-state index < -0.39 is 12.0 Å². The lowest BCUT2D eigenvalue weighted by Crippen LogP contribution is -2.16. The number of fused-ring (bicyclic) bond motifs is 1. The van der Waals surface area contributed by atoms with Crippen LogP contribution in [0.5, 0.6) is 0 Å². The Balaban J connectivity index is 1.89. The van der Waals surface area contributed by atoms with Crippen molar-refractivity contribution < 1.29 is 13.2 Å². The normalized spacial score (nSPS) is 14.7. The van der Waals surface area contributed by atoms with Crippen molar-refractivity contribution in [2.75, 3.05) is 24.3 Å². The number of imidazole rings is 1. The predicted octanol–water partition coefficient (Wildman–Crippen LogP) is 2.26. The Bertz CT molecular complexity index is 961. The minimum Gasteiger partial charge on any atom is -0.365 e. The van der Waals surface area contributed by atoms with E-state index >= 15 is 0 Å². The van der Waals surface area contributed by atoms with Gasteiger partial charge in [-0.05, 0) is 18.9 Å². The molecule has 1 N–H and O–H groups in total. The fraction of sp³-hybridized carbons (Fsp3) is 0.400. The molecule has 0 amide bonds. The molecule has 11 heteroatoms. The molecule has 4 rings (SSSR count). The molecule has 1 aliphatic rings. The van der Waals surface area contributed by atoms with Crippen LogP contribution in [-0.4, -0.2) is 49.6 Å². The monoisotopic (exact) mass is 364 g/mol. The Morgan fingerprint density at radius 2 is 1.92 bits per heavy atom. The third kappa shape index (κ3) is 3.00. The summed E-state index contributed by atoms with van der Waals surface area (Å²) in [7, 11) is 3.54. The van der Waals surface area contributed by atoms with Crippen molar-refractivity contribution in [2.45, 2.75) is 25.1 Å². The third-order valence-corrected chi connectivity index (χ3v) is 3.84. The molecule has 1 aliphatic carbocycles. The highest BCUT2D eigenvalue weighted by Gasteiger charge is 2.37. The minimum absolute atomic E-state index is 0.0406. The Labute approximate surface area is 146 Å². The molecule has 136 valence electrons. The number of hydrogen-bond donors (Lipinski definition) is 1. The summed E-state index contributed by atoms with van der Waals surface area (Å²) in [5, 5.41) is 3.00. The first kappa shape index (κ1) is 16.5. The van der Waals surface area contributed by atoms with E-state index in [0.717, 1.165) is 12.8 Å². The van der Waals surface area contributed by atoms with E-state index in [2.05, 4.69) is 30.2 Å². The molecule has 3 heterocycles. The number of halogens is 3. The Morgan fingerprint density at radius 1 is 1.15 bits per heavy atom. The molecule has 0 aromatic carbocycles. The maximum Gasteiger partial charge on any atom is 0.451 e. The summed E-state index contributed by atoms with van der Waals surface area (Å²) in [6, 6.07) is 1.70. The van der Waals surface area contributed by atoms with Gasteiger partial charge in [0.25, 0.3) is 0 Å².